The van der Waals surface area contributed by atoms with E-state index in [4.69, 9.17) is 12.6 Å². The van der Waals surface area contributed by atoms with E-state index in [9.17, 15) is 0 Å². The summed E-state index contributed by atoms with van der Waals surface area (Å²) in [6, 6.07) is 14.5. The fourth-order valence-electron chi connectivity index (χ4n) is 3.06. The van der Waals surface area contributed by atoms with Gasteiger partial charge in [0, 0.05) is 4.47 Å². The second kappa shape index (κ2) is 7.38. The molecule has 0 saturated carbocycles. The van der Waals surface area contributed by atoms with E-state index in [0.29, 0.717) is 6.54 Å². The molecule has 2 N–H and O–H groups in total. The first-order chi connectivity index (χ1) is 13.0. The second-order valence-corrected chi connectivity index (χ2v) is 7.79. The molecule has 0 aliphatic carbocycles. The first-order valence-corrected chi connectivity index (χ1v) is 9.72. The molecule has 2 aromatic carbocycles. The van der Waals surface area contributed by atoms with Crippen molar-refractivity contribution in [3.05, 3.63) is 75.4 Å². The predicted molar refractivity (Wildman–Crippen MR) is 113 cm³/mol. The lowest BCUT2D eigenvalue weighted by atomic mass is 10.1. The Morgan fingerprint density at radius 2 is 1.89 bits per heavy atom. The number of nitrogens with one attached hydrogen (secondary N) is 2. The molecule has 1 aliphatic heterocycles. The molecule has 3 aromatic rings. The SMILES string of the molecule is Cc1ccc(-n2ncc(C3=NNNN3Cc3ccc(Br)cc3)c2S)c(C)c1. The molecular formula is C19H19BrN6S. The van der Waals surface area contributed by atoms with E-state index in [2.05, 4.69) is 81.4 Å². The fraction of sp³-hybridized carbons (Fsp3) is 0.158. The van der Waals surface area contributed by atoms with Gasteiger partial charge in [-0.25, -0.2) is 10.2 Å². The Hall–Kier alpha value is -2.29. The zero-order valence-corrected chi connectivity index (χ0v) is 17.4. The quantitative estimate of drug-likeness (QED) is 0.538. The van der Waals surface area contributed by atoms with E-state index < -0.39 is 0 Å². The van der Waals surface area contributed by atoms with E-state index in [-0.39, 0.29) is 0 Å². The van der Waals surface area contributed by atoms with Gasteiger partial charge in [-0.15, -0.1) is 23.3 Å². The molecule has 0 radical (unpaired) electrons. The summed E-state index contributed by atoms with van der Waals surface area (Å²) in [5.41, 5.74) is 11.3. The van der Waals surface area contributed by atoms with Gasteiger partial charge in [0.05, 0.1) is 24.0 Å². The first-order valence-electron chi connectivity index (χ1n) is 8.48. The summed E-state index contributed by atoms with van der Waals surface area (Å²) < 4.78 is 2.89. The third-order valence-electron chi connectivity index (χ3n) is 4.42. The number of hydrogen-bond donors (Lipinski definition) is 3. The highest BCUT2D eigenvalue weighted by Gasteiger charge is 2.24. The van der Waals surface area contributed by atoms with Crippen molar-refractivity contribution < 1.29 is 0 Å². The van der Waals surface area contributed by atoms with Gasteiger partial charge in [-0.2, -0.15) is 5.10 Å². The molecule has 6 nitrogen and oxygen atoms in total. The van der Waals surface area contributed by atoms with Crippen molar-refractivity contribution in [1.29, 1.82) is 0 Å². The lowest BCUT2D eigenvalue weighted by Crippen LogP contribution is -2.40. The van der Waals surface area contributed by atoms with Gasteiger partial charge in [-0.3, -0.25) is 5.01 Å². The van der Waals surface area contributed by atoms with E-state index in [1.54, 1.807) is 6.20 Å². The molecule has 0 spiro atoms. The molecule has 0 fully saturated rings. The highest BCUT2D eigenvalue weighted by molar-refractivity contribution is 9.10. The number of halogens is 1. The summed E-state index contributed by atoms with van der Waals surface area (Å²) in [6.45, 7) is 4.81. The first kappa shape index (κ1) is 18.1. The number of aryl methyl sites for hydroxylation is 2. The summed E-state index contributed by atoms with van der Waals surface area (Å²) >= 11 is 8.20. The lowest BCUT2D eigenvalue weighted by molar-refractivity contribution is 0.288. The Morgan fingerprint density at radius 3 is 2.63 bits per heavy atom. The third kappa shape index (κ3) is 3.60. The van der Waals surface area contributed by atoms with Gasteiger partial charge >= 0.3 is 0 Å². The zero-order valence-electron chi connectivity index (χ0n) is 14.9. The van der Waals surface area contributed by atoms with Crippen LogP contribution in [-0.4, -0.2) is 20.6 Å². The normalized spacial score (nSPS) is 13.6. The maximum absolute atomic E-state index is 4.73. The van der Waals surface area contributed by atoms with Gasteiger partial charge in [0.2, 0.25) is 0 Å². The van der Waals surface area contributed by atoms with Gasteiger partial charge in [0.25, 0.3) is 0 Å². The van der Waals surface area contributed by atoms with E-state index in [0.717, 1.165) is 37.7 Å². The zero-order chi connectivity index (χ0) is 19.0. The van der Waals surface area contributed by atoms with Crippen LogP contribution in [0.3, 0.4) is 0 Å². The monoisotopic (exact) mass is 442 g/mol. The number of aromatic nitrogens is 2. The number of hydrazone groups is 1. The van der Waals surface area contributed by atoms with Crippen molar-refractivity contribution in [1.82, 2.24) is 25.9 Å². The van der Waals surface area contributed by atoms with Gasteiger partial charge in [0.1, 0.15) is 5.03 Å². The minimum Gasteiger partial charge on any atom is -0.266 e. The van der Waals surface area contributed by atoms with Crippen molar-refractivity contribution in [2.24, 2.45) is 5.10 Å². The van der Waals surface area contributed by atoms with Crippen molar-refractivity contribution in [3.63, 3.8) is 0 Å². The molecule has 0 unspecified atom stereocenters. The van der Waals surface area contributed by atoms with Crippen LogP contribution in [0.15, 0.2) is 63.3 Å². The number of thiol groups is 1. The van der Waals surface area contributed by atoms with Gasteiger partial charge in [-0.05, 0) is 43.2 Å². The van der Waals surface area contributed by atoms with Crippen molar-refractivity contribution in [3.8, 4) is 5.69 Å². The van der Waals surface area contributed by atoms with Crippen LogP contribution in [0.5, 0.6) is 0 Å². The number of hydrogen-bond acceptors (Lipinski definition) is 6. The molecule has 0 saturated heterocycles. The van der Waals surface area contributed by atoms with Crippen molar-refractivity contribution in [2.45, 2.75) is 25.4 Å². The van der Waals surface area contributed by atoms with E-state index in [1.165, 1.54) is 5.56 Å². The third-order valence-corrected chi connectivity index (χ3v) is 5.38. The second-order valence-electron chi connectivity index (χ2n) is 6.46. The Kier molecular flexibility index (Phi) is 4.94. The van der Waals surface area contributed by atoms with E-state index >= 15 is 0 Å². The average molecular weight is 443 g/mol. The number of hydrazine groups is 2. The highest BCUT2D eigenvalue weighted by atomic mass is 79.9. The molecule has 0 amide bonds. The lowest BCUT2D eigenvalue weighted by Gasteiger charge is -2.19. The summed E-state index contributed by atoms with van der Waals surface area (Å²) in [7, 11) is 0. The molecule has 1 aliphatic rings. The Morgan fingerprint density at radius 1 is 1.11 bits per heavy atom. The molecule has 1 aromatic heterocycles. The van der Waals surface area contributed by atoms with Crippen LogP contribution in [0.1, 0.15) is 22.3 Å². The summed E-state index contributed by atoms with van der Waals surface area (Å²) in [6.07, 6.45) is 1.80. The Bertz CT molecular complexity index is 1010. The van der Waals surface area contributed by atoms with Crippen LogP contribution in [-0.2, 0) is 6.54 Å². The van der Waals surface area contributed by atoms with Gasteiger partial charge in [0.15, 0.2) is 5.84 Å². The maximum Gasteiger partial charge on any atom is 0.177 e. The van der Waals surface area contributed by atoms with Crippen LogP contribution in [0.4, 0.5) is 0 Å². The van der Waals surface area contributed by atoms with Gasteiger partial charge < -0.3 is 0 Å². The van der Waals surface area contributed by atoms with Crippen molar-refractivity contribution in [2.75, 3.05) is 0 Å². The molecule has 27 heavy (non-hydrogen) atoms. The van der Waals surface area contributed by atoms with E-state index in [1.807, 2.05) is 21.8 Å². The number of nitrogens with zero attached hydrogens (tertiary/aromatic N) is 4. The fourth-order valence-corrected chi connectivity index (χ4v) is 3.64. The highest BCUT2D eigenvalue weighted by Crippen LogP contribution is 2.24. The smallest absolute Gasteiger partial charge is 0.177 e. The van der Waals surface area contributed by atoms with Crippen LogP contribution in [0.2, 0.25) is 0 Å². The Balaban J connectivity index is 1.63. The summed E-state index contributed by atoms with van der Waals surface area (Å²) in [4.78, 5) is 0. The predicted octanol–water partition coefficient (Wildman–Crippen LogP) is 3.73. The van der Waals surface area contributed by atoms with Crippen molar-refractivity contribution >= 4 is 34.4 Å². The molecule has 8 heteroatoms. The number of rotatable bonds is 4. The summed E-state index contributed by atoms with van der Waals surface area (Å²) in [5.74, 6) is 0.749. The Labute approximate surface area is 171 Å². The van der Waals surface area contributed by atoms with Gasteiger partial charge in [-0.1, -0.05) is 45.8 Å². The van der Waals surface area contributed by atoms with Crippen LogP contribution in [0.25, 0.3) is 5.69 Å². The molecule has 0 bridgehead atoms. The number of benzene rings is 2. The average Bonchev–Trinajstić information content (AvgIpc) is 3.23. The number of amidine groups is 1. The van der Waals surface area contributed by atoms with Crippen LogP contribution >= 0.6 is 28.6 Å². The molecule has 4 rings (SSSR count). The van der Waals surface area contributed by atoms with Crippen LogP contribution in [0, 0.1) is 13.8 Å². The molecule has 0 atom stereocenters. The molecular weight excluding hydrogens is 424 g/mol. The largest absolute Gasteiger partial charge is 0.266 e. The minimum absolute atomic E-state index is 0.654. The molecule has 138 valence electrons. The van der Waals surface area contributed by atoms with Crippen LogP contribution < -0.4 is 11.1 Å². The standard InChI is InChI=1S/C19H19BrN6S/c1-12-3-8-17(13(2)9-12)26-19(27)16(10-21-26)18-22-23-24-25(18)11-14-4-6-15(20)7-5-14/h3-10,23-24,27H,11H2,1-2H3. The minimum atomic E-state index is 0.654. The molecule has 2 heterocycles. The summed E-state index contributed by atoms with van der Waals surface area (Å²) in [5, 5.41) is 11.6. The maximum atomic E-state index is 4.73. The topological polar surface area (TPSA) is 57.5 Å².